The van der Waals surface area contributed by atoms with E-state index in [4.69, 9.17) is 9.47 Å². The van der Waals surface area contributed by atoms with Crippen LogP contribution < -0.4 is 5.32 Å². The molecule has 0 aliphatic carbocycles. The van der Waals surface area contributed by atoms with Crippen molar-refractivity contribution < 1.29 is 14.6 Å². The van der Waals surface area contributed by atoms with Crippen molar-refractivity contribution in [2.45, 2.75) is 53.1 Å². The van der Waals surface area contributed by atoms with Gasteiger partial charge in [-0.3, -0.25) is 0 Å². The van der Waals surface area contributed by atoms with E-state index in [9.17, 15) is 5.11 Å². The molecule has 0 heterocycles. The van der Waals surface area contributed by atoms with Crippen LogP contribution in [0.1, 0.15) is 47.0 Å². The van der Waals surface area contributed by atoms with Gasteiger partial charge >= 0.3 is 0 Å². The van der Waals surface area contributed by atoms with Crippen LogP contribution >= 0.6 is 0 Å². The summed E-state index contributed by atoms with van der Waals surface area (Å²) in [5.74, 6) is 1.42. The van der Waals surface area contributed by atoms with Gasteiger partial charge in [0, 0.05) is 26.3 Å². The largest absolute Gasteiger partial charge is 0.389 e. The molecule has 0 aromatic carbocycles. The molecular formula is C16H35NO3. The Bertz CT molecular complexity index is 198. The molecule has 0 saturated heterocycles. The molecule has 0 aliphatic rings. The molecule has 122 valence electrons. The van der Waals surface area contributed by atoms with Crippen molar-refractivity contribution in [2.75, 3.05) is 39.5 Å². The number of nitrogens with one attached hydrogen (secondary N) is 1. The van der Waals surface area contributed by atoms with E-state index < -0.39 is 6.10 Å². The molecule has 0 aromatic rings. The molecule has 0 bridgehead atoms. The minimum absolute atomic E-state index is 0.416. The zero-order valence-electron chi connectivity index (χ0n) is 13.9. The fraction of sp³-hybridized carbons (Fsp3) is 1.00. The van der Waals surface area contributed by atoms with Crippen LogP contribution in [0.25, 0.3) is 0 Å². The van der Waals surface area contributed by atoms with Crippen molar-refractivity contribution in [2.24, 2.45) is 11.8 Å². The number of aliphatic hydroxyl groups excluding tert-OH is 1. The second-order valence-corrected chi connectivity index (χ2v) is 6.26. The average molecular weight is 289 g/mol. The maximum Gasteiger partial charge on any atom is 0.0897 e. The summed E-state index contributed by atoms with van der Waals surface area (Å²) in [6, 6.07) is 0. The third-order valence-electron chi connectivity index (χ3n) is 3.02. The van der Waals surface area contributed by atoms with Gasteiger partial charge in [-0.25, -0.2) is 0 Å². The van der Waals surface area contributed by atoms with Crippen molar-refractivity contribution in [1.82, 2.24) is 5.32 Å². The molecule has 0 radical (unpaired) electrons. The molecule has 0 rings (SSSR count). The first kappa shape index (κ1) is 19.8. The maximum absolute atomic E-state index is 9.70. The lowest BCUT2D eigenvalue weighted by atomic mass is 10.1. The van der Waals surface area contributed by atoms with Gasteiger partial charge in [0.1, 0.15) is 0 Å². The number of rotatable bonds is 14. The molecule has 1 atom stereocenters. The minimum atomic E-state index is -0.426. The summed E-state index contributed by atoms with van der Waals surface area (Å²) in [6.07, 6.45) is 2.93. The fourth-order valence-corrected chi connectivity index (χ4v) is 1.71. The van der Waals surface area contributed by atoms with Crippen LogP contribution in [0.15, 0.2) is 0 Å². The van der Waals surface area contributed by atoms with Gasteiger partial charge in [-0.05, 0) is 31.1 Å². The average Bonchev–Trinajstić information content (AvgIpc) is 2.36. The highest BCUT2D eigenvalue weighted by Gasteiger charge is 2.03. The number of aliphatic hydroxyl groups is 1. The maximum atomic E-state index is 9.70. The third kappa shape index (κ3) is 15.9. The van der Waals surface area contributed by atoms with E-state index in [1.54, 1.807) is 0 Å². The van der Waals surface area contributed by atoms with Crippen LogP contribution in [0, 0.1) is 11.8 Å². The molecule has 2 N–H and O–H groups in total. The molecule has 4 heteroatoms. The van der Waals surface area contributed by atoms with Crippen molar-refractivity contribution >= 4 is 0 Å². The first-order valence-corrected chi connectivity index (χ1v) is 8.06. The van der Waals surface area contributed by atoms with E-state index >= 15 is 0 Å². The molecule has 0 spiro atoms. The van der Waals surface area contributed by atoms with E-state index in [0.717, 1.165) is 38.5 Å². The van der Waals surface area contributed by atoms with E-state index in [1.165, 1.54) is 6.42 Å². The predicted octanol–water partition coefficient (Wildman–Crippen LogP) is 2.45. The van der Waals surface area contributed by atoms with Crippen LogP contribution in [-0.4, -0.2) is 50.7 Å². The minimum Gasteiger partial charge on any atom is -0.389 e. The predicted molar refractivity (Wildman–Crippen MR) is 84.0 cm³/mol. The van der Waals surface area contributed by atoms with Crippen molar-refractivity contribution in [1.29, 1.82) is 0 Å². The second kappa shape index (κ2) is 13.8. The molecule has 0 aliphatic heterocycles. The Hall–Kier alpha value is -0.160. The third-order valence-corrected chi connectivity index (χ3v) is 3.02. The summed E-state index contributed by atoms with van der Waals surface area (Å²) in [6.45, 7) is 12.8. The smallest absolute Gasteiger partial charge is 0.0897 e. The van der Waals surface area contributed by atoms with Crippen LogP contribution in [-0.2, 0) is 9.47 Å². The molecule has 0 saturated carbocycles. The lowest BCUT2D eigenvalue weighted by Crippen LogP contribution is -2.32. The highest BCUT2D eigenvalue weighted by atomic mass is 16.5. The topological polar surface area (TPSA) is 50.7 Å². The summed E-state index contributed by atoms with van der Waals surface area (Å²) in [5.41, 5.74) is 0. The molecular weight excluding hydrogens is 254 g/mol. The van der Waals surface area contributed by atoms with Gasteiger partial charge in [-0.1, -0.05) is 27.7 Å². The Morgan fingerprint density at radius 3 is 2.25 bits per heavy atom. The summed E-state index contributed by atoms with van der Waals surface area (Å²) in [4.78, 5) is 0. The van der Waals surface area contributed by atoms with Gasteiger partial charge in [0.25, 0.3) is 0 Å². The van der Waals surface area contributed by atoms with Crippen molar-refractivity contribution in [3.63, 3.8) is 0 Å². The van der Waals surface area contributed by atoms with Crippen LogP contribution in [0.2, 0.25) is 0 Å². The fourth-order valence-electron chi connectivity index (χ4n) is 1.71. The van der Waals surface area contributed by atoms with Gasteiger partial charge < -0.3 is 19.9 Å². The van der Waals surface area contributed by atoms with E-state index in [-0.39, 0.29) is 0 Å². The molecule has 1 unspecified atom stereocenters. The van der Waals surface area contributed by atoms with E-state index in [0.29, 0.717) is 25.7 Å². The first-order chi connectivity index (χ1) is 9.52. The summed E-state index contributed by atoms with van der Waals surface area (Å²) >= 11 is 0. The monoisotopic (exact) mass is 289 g/mol. The van der Waals surface area contributed by atoms with E-state index in [2.05, 4.69) is 33.0 Å². The van der Waals surface area contributed by atoms with Crippen LogP contribution in [0.4, 0.5) is 0 Å². The Morgan fingerprint density at radius 1 is 0.900 bits per heavy atom. The van der Waals surface area contributed by atoms with Crippen LogP contribution in [0.5, 0.6) is 0 Å². The Labute approximate surface area is 125 Å². The Kier molecular flexibility index (Phi) is 13.7. The second-order valence-electron chi connectivity index (χ2n) is 6.26. The molecule has 20 heavy (non-hydrogen) atoms. The zero-order valence-corrected chi connectivity index (χ0v) is 13.9. The van der Waals surface area contributed by atoms with Gasteiger partial charge in [0.2, 0.25) is 0 Å². The van der Waals surface area contributed by atoms with Crippen molar-refractivity contribution in [3.8, 4) is 0 Å². The van der Waals surface area contributed by atoms with Gasteiger partial charge in [0.15, 0.2) is 0 Å². The number of hydrogen-bond donors (Lipinski definition) is 2. The Morgan fingerprint density at radius 2 is 1.60 bits per heavy atom. The summed E-state index contributed by atoms with van der Waals surface area (Å²) < 4.78 is 10.9. The summed E-state index contributed by atoms with van der Waals surface area (Å²) in [5, 5.41) is 12.9. The van der Waals surface area contributed by atoms with Crippen LogP contribution in [0.3, 0.4) is 0 Å². The lowest BCUT2D eigenvalue weighted by Gasteiger charge is -2.13. The number of ether oxygens (including phenoxy) is 2. The molecule has 0 fully saturated rings. The normalized spacial score (nSPS) is 13.3. The molecule has 0 aromatic heterocycles. The quantitative estimate of drug-likeness (QED) is 0.482. The van der Waals surface area contributed by atoms with Gasteiger partial charge in [-0.2, -0.15) is 0 Å². The van der Waals surface area contributed by atoms with Gasteiger partial charge in [0.05, 0.1) is 19.3 Å². The van der Waals surface area contributed by atoms with Gasteiger partial charge in [-0.15, -0.1) is 0 Å². The SMILES string of the molecule is CC(C)CCCOCC(O)CNCCOCCC(C)C. The van der Waals surface area contributed by atoms with E-state index in [1.807, 2.05) is 0 Å². The number of hydrogen-bond acceptors (Lipinski definition) is 4. The highest BCUT2D eigenvalue weighted by molar-refractivity contribution is 4.58. The van der Waals surface area contributed by atoms with Crippen molar-refractivity contribution in [3.05, 3.63) is 0 Å². The standard InChI is InChI=1S/C16H35NO3/c1-14(2)6-5-9-20-13-16(18)12-17-8-11-19-10-7-15(3)4/h14-18H,5-13H2,1-4H3. The molecule has 0 amide bonds. The summed E-state index contributed by atoms with van der Waals surface area (Å²) in [7, 11) is 0. The zero-order chi connectivity index (χ0) is 15.2. The Balaban J connectivity index is 3.18. The lowest BCUT2D eigenvalue weighted by molar-refractivity contribution is 0.0334. The highest BCUT2D eigenvalue weighted by Crippen LogP contribution is 2.03. The first-order valence-electron chi connectivity index (χ1n) is 8.06. The molecule has 4 nitrogen and oxygen atoms in total.